The zero-order valence-corrected chi connectivity index (χ0v) is 26.0. The molecule has 0 bridgehead atoms. The first kappa shape index (κ1) is 31.2. The summed E-state index contributed by atoms with van der Waals surface area (Å²) in [5.41, 5.74) is 3.07. The summed E-state index contributed by atoms with van der Waals surface area (Å²) >= 11 is 6.81. The van der Waals surface area contributed by atoms with Gasteiger partial charge in [0.2, 0.25) is 17.7 Å². The van der Waals surface area contributed by atoms with Crippen LogP contribution in [0.5, 0.6) is 5.75 Å². The van der Waals surface area contributed by atoms with Crippen LogP contribution in [0.3, 0.4) is 0 Å². The Bertz CT molecular complexity index is 1900. The largest absolute Gasteiger partial charge is 0.496 e. The molecule has 0 aliphatic carbocycles. The molecule has 2 saturated heterocycles. The quantitative estimate of drug-likeness (QED) is 0.211. The Morgan fingerprint density at radius 1 is 1.15 bits per heavy atom. The zero-order chi connectivity index (χ0) is 32.5. The molecule has 46 heavy (non-hydrogen) atoms. The van der Waals surface area contributed by atoms with Crippen LogP contribution >= 0.6 is 11.6 Å². The number of imide groups is 1. The first-order valence-electron chi connectivity index (χ1n) is 14.9. The maximum absolute atomic E-state index is 14.9. The fraction of sp³-hybridized carbons (Fsp3) is 0.344. The Kier molecular flexibility index (Phi) is 8.78. The highest BCUT2D eigenvalue weighted by Crippen LogP contribution is 2.37. The topological polar surface area (TPSA) is 150 Å². The lowest BCUT2D eigenvalue weighted by atomic mass is 9.95. The van der Waals surface area contributed by atoms with Crippen molar-refractivity contribution in [2.24, 2.45) is 13.0 Å². The van der Waals surface area contributed by atoms with E-state index in [2.05, 4.69) is 31.0 Å². The molecule has 0 spiro atoms. The minimum Gasteiger partial charge on any atom is -0.496 e. The number of halogens is 2. The van der Waals surface area contributed by atoms with Crippen LogP contribution in [0.25, 0.3) is 22.0 Å². The number of fused-ring (bicyclic) bond motifs is 1. The summed E-state index contributed by atoms with van der Waals surface area (Å²) in [5.74, 6) is -1.34. The highest BCUT2D eigenvalue weighted by Gasteiger charge is 2.28. The summed E-state index contributed by atoms with van der Waals surface area (Å²) in [7, 11) is 3.26. The summed E-state index contributed by atoms with van der Waals surface area (Å²) < 4.78 is 22.1. The molecule has 240 valence electrons. The number of likely N-dealkylation sites (tertiary alicyclic amines) is 1. The maximum atomic E-state index is 14.9. The molecule has 2 aromatic carbocycles. The third kappa shape index (κ3) is 6.33. The molecule has 2 aromatic heterocycles. The standard InChI is InChI=1S/C32H33ClFN7O5/c1-40-15-21(20-14-35-39-29(20)32(40)45)18-11-23(33)22(27(12-18)46-2)16-41-9-7-17(8-10-41)30(43)37-25-4-3-19(13-24(25)34)36-26-5-6-28(42)38-31(26)44/h3-4,11-15,17,26,36H,5-10,16H2,1-2H3,(H,35,39)(H,37,43)(H,38,42,44). The number of rotatable bonds is 8. The molecular weight excluding hydrogens is 617 g/mol. The number of nitrogens with zero attached hydrogens (tertiary/aromatic N) is 3. The van der Waals surface area contributed by atoms with Crippen LogP contribution in [0.2, 0.25) is 5.02 Å². The SMILES string of the molecule is COc1cc(-c2cn(C)c(=O)c3[nH]ncc23)cc(Cl)c1CN1CCC(C(=O)Nc2ccc(NC3CCC(=O)NC3=O)cc2F)CC1. The number of aryl methyl sites for hydroxylation is 1. The van der Waals surface area contributed by atoms with Crippen molar-refractivity contribution in [3.63, 3.8) is 0 Å². The zero-order valence-electron chi connectivity index (χ0n) is 25.3. The predicted octanol–water partition coefficient (Wildman–Crippen LogP) is 3.80. The minimum absolute atomic E-state index is 0.0593. The van der Waals surface area contributed by atoms with E-state index in [1.165, 1.54) is 16.7 Å². The molecule has 1 unspecified atom stereocenters. The van der Waals surface area contributed by atoms with E-state index in [9.17, 15) is 23.6 Å². The summed E-state index contributed by atoms with van der Waals surface area (Å²) in [4.78, 5) is 51.1. The molecule has 3 amide bonds. The van der Waals surface area contributed by atoms with Crippen LogP contribution in [0, 0.1) is 11.7 Å². The number of pyridine rings is 1. The number of benzene rings is 2. The summed E-state index contributed by atoms with van der Waals surface area (Å²) in [5, 5.41) is 15.9. The summed E-state index contributed by atoms with van der Waals surface area (Å²) in [6, 6.07) is 7.38. The fourth-order valence-corrected chi connectivity index (χ4v) is 6.30. The number of hydrogen-bond donors (Lipinski definition) is 4. The van der Waals surface area contributed by atoms with Crippen LogP contribution < -0.4 is 26.2 Å². The van der Waals surface area contributed by atoms with Gasteiger partial charge >= 0.3 is 0 Å². The molecule has 2 fully saturated rings. The Balaban J connectivity index is 1.07. The second-order valence-electron chi connectivity index (χ2n) is 11.6. The number of carbonyl (C=O) groups excluding carboxylic acids is 3. The van der Waals surface area contributed by atoms with E-state index < -0.39 is 17.8 Å². The number of aromatic nitrogens is 3. The molecule has 2 aliphatic heterocycles. The third-order valence-electron chi connectivity index (χ3n) is 8.62. The molecule has 14 heteroatoms. The number of amides is 3. The highest BCUT2D eigenvalue weighted by atomic mass is 35.5. The molecule has 4 aromatic rings. The smallest absolute Gasteiger partial charge is 0.276 e. The van der Waals surface area contributed by atoms with E-state index >= 15 is 0 Å². The number of hydrogen-bond acceptors (Lipinski definition) is 8. The van der Waals surface area contributed by atoms with Gasteiger partial charge in [0, 0.05) is 59.4 Å². The number of piperidine rings is 2. The molecule has 12 nitrogen and oxygen atoms in total. The second-order valence-corrected chi connectivity index (χ2v) is 12.0. The Labute approximate surface area is 268 Å². The summed E-state index contributed by atoms with van der Waals surface area (Å²) in [6.07, 6.45) is 5.05. The molecule has 4 heterocycles. The van der Waals surface area contributed by atoms with E-state index in [-0.39, 0.29) is 35.4 Å². The van der Waals surface area contributed by atoms with Gasteiger partial charge in [0.1, 0.15) is 23.1 Å². The van der Waals surface area contributed by atoms with E-state index in [0.29, 0.717) is 66.3 Å². The van der Waals surface area contributed by atoms with Gasteiger partial charge in [0.25, 0.3) is 5.56 Å². The van der Waals surface area contributed by atoms with Gasteiger partial charge < -0.3 is 19.9 Å². The van der Waals surface area contributed by atoms with Gasteiger partial charge in [-0.2, -0.15) is 5.10 Å². The van der Waals surface area contributed by atoms with Gasteiger partial charge in [0.05, 0.1) is 19.0 Å². The average molecular weight is 650 g/mol. The van der Waals surface area contributed by atoms with Crippen molar-refractivity contribution < 1.29 is 23.5 Å². The van der Waals surface area contributed by atoms with Crippen molar-refractivity contribution in [3.8, 4) is 16.9 Å². The predicted molar refractivity (Wildman–Crippen MR) is 171 cm³/mol. The Hall–Kier alpha value is -4.75. The van der Waals surface area contributed by atoms with Gasteiger partial charge in [-0.25, -0.2) is 4.39 Å². The first-order chi connectivity index (χ1) is 22.1. The second kappa shape index (κ2) is 12.9. The van der Waals surface area contributed by atoms with Crippen molar-refractivity contribution in [2.75, 3.05) is 30.8 Å². The van der Waals surface area contributed by atoms with E-state index in [1.54, 1.807) is 32.6 Å². The number of aromatic amines is 1. The fourth-order valence-electron chi connectivity index (χ4n) is 6.03. The van der Waals surface area contributed by atoms with Crippen LogP contribution in [0.1, 0.15) is 31.2 Å². The third-order valence-corrected chi connectivity index (χ3v) is 8.96. The van der Waals surface area contributed by atoms with E-state index in [1.807, 2.05) is 12.1 Å². The first-order valence-corrected chi connectivity index (χ1v) is 15.3. The number of H-pyrrole nitrogens is 1. The van der Waals surface area contributed by atoms with Crippen molar-refractivity contribution in [2.45, 2.75) is 38.3 Å². The van der Waals surface area contributed by atoms with Crippen molar-refractivity contribution in [1.29, 1.82) is 0 Å². The van der Waals surface area contributed by atoms with Gasteiger partial charge in [-0.05, 0) is 68.2 Å². The minimum atomic E-state index is -0.635. The molecule has 2 aliphatic rings. The van der Waals surface area contributed by atoms with Crippen LogP contribution in [0.15, 0.2) is 47.5 Å². The van der Waals surface area contributed by atoms with E-state index in [4.69, 9.17) is 16.3 Å². The van der Waals surface area contributed by atoms with Gasteiger partial charge in [-0.3, -0.25) is 34.5 Å². The Morgan fingerprint density at radius 3 is 2.65 bits per heavy atom. The number of anilines is 2. The number of methoxy groups -OCH3 is 1. The highest BCUT2D eigenvalue weighted by molar-refractivity contribution is 6.32. The Morgan fingerprint density at radius 2 is 1.93 bits per heavy atom. The van der Waals surface area contributed by atoms with Crippen molar-refractivity contribution in [1.82, 2.24) is 25.0 Å². The van der Waals surface area contributed by atoms with Crippen molar-refractivity contribution >= 4 is 51.6 Å². The maximum Gasteiger partial charge on any atom is 0.276 e. The lowest BCUT2D eigenvalue weighted by molar-refractivity contribution is -0.133. The van der Waals surface area contributed by atoms with E-state index in [0.717, 1.165) is 16.7 Å². The number of carbonyl (C=O) groups is 3. The van der Waals surface area contributed by atoms with Crippen LogP contribution in [-0.2, 0) is 28.0 Å². The van der Waals surface area contributed by atoms with Gasteiger partial charge in [0.15, 0.2) is 0 Å². The van der Waals surface area contributed by atoms with Crippen LogP contribution in [0.4, 0.5) is 15.8 Å². The molecule has 0 saturated carbocycles. The van der Waals surface area contributed by atoms with Gasteiger partial charge in [-0.15, -0.1) is 0 Å². The van der Waals surface area contributed by atoms with Gasteiger partial charge in [-0.1, -0.05) is 11.6 Å². The molecule has 6 rings (SSSR count). The monoisotopic (exact) mass is 649 g/mol. The summed E-state index contributed by atoms with van der Waals surface area (Å²) in [6.45, 7) is 1.78. The lowest BCUT2D eigenvalue weighted by Crippen LogP contribution is -2.47. The normalized spacial score (nSPS) is 17.6. The molecular formula is C32H33ClFN7O5. The van der Waals surface area contributed by atoms with Crippen molar-refractivity contribution in [3.05, 3.63) is 69.5 Å². The van der Waals surface area contributed by atoms with Crippen LogP contribution in [-0.4, -0.2) is 63.6 Å². The molecule has 4 N–H and O–H groups in total. The molecule has 0 radical (unpaired) electrons. The number of ether oxygens (including phenoxy) is 1. The average Bonchev–Trinajstić information content (AvgIpc) is 3.53. The number of nitrogens with one attached hydrogen (secondary N) is 4. The molecule has 1 atom stereocenters. The lowest BCUT2D eigenvalue weighted by Gasteiger charge is -2.32.